The van der Waals surface area contributed by atoms with Gasteiger partial charge in [0.05, 0.1) is 22.2 Å². The van der Waals surface area contributed by atoms with Crippen molar-refractivity contribution >= 4 is 45.3 Å². The minimum atomic E-state index is -3.22. The second-order valence-corrected chi connectivity index (χ2v) is 10.4. The molecule has 32 heavy (non-hydrogen) atoms. The van der Waals surface area contributed by atoms with E-state index in [1.807, 2.05) is 122 Å². The number of fused-ring (bicyclic) bond motifs is 1. The van der Waals surface area contributed by atoms with Crippen molar-refractivity contribution in [1.29, 1.82) is 0 Å². The molecular weight excluding hydrogens is 411 g/mol. The number of benzene rings is 4. The number of hydrogen-bond acceptors (Lipinski definition) is 3. The lowest BCUT2D eigenvalue weighted by Gasteiger charge is -2.26. The van der Waals surface area contributed by atoms with Gasteiger partial charge < -0.3 is 9.88 Å². The smallest absolute Gasteiger partial charge is 0.174 e. The first-order valence-electron chi connectivity index (χ1n) is 10.6. The summed E-state index contributed by atoms with van der Waals surface area (Å²) < 4.78 is 15.2. The van der Waals surface area contributed by atoms with Crippen molar-refractivity contribution in [3.05, 3.63) is 121 Å². The van der Waals surface area contributed by atoms with E-state index in [9.17, 15) is 0 Å². The molecule has 0 aliphatic rings. The molecule has 1 aromatic heterocycles. The first-order valence-corrected chi connectivity index (χ1v) is 12.3. The highest BCUT2D eigenvalue weighted by Crippen LogP contribution is 2.47. The van der Waals surface area contributed by atoms with Crippen LogP contribution in [0.1, 0.15) is 5.69 Å². The number of para-hydroxylation sites is 2. The van der Waals surface area contributed by atoms with Crippen LogP contribution in [-0.2, 0) is 4.57 Å². The summed E-state index contributed by atoms with van der Waals surface area (Å²) >= 11 is 0. The molecule has 156 valence electrons. The predicted octanol–water partition coefficient (Wildman–Crippen LogP) is 5.93. The van der Waals surface area contributed by atoms with Crippen LogP contribution in [0.4, 0.5) is 11.4 Å². The molecule has 0 aliphatic carbocycles. The minimum absolute atomic E-state index is 0.748. The number of nitrogens with one attached hydrogen (secondary N) is 1. The van der Waals surface area contributed by atoms with Crippen LogP contribution in [-0.4, -0.2) is 4.98 Å². The lowest BCUT2D eigenvalue weighted by atomic mass is 10.1. The first kappa shape index (κ1) is 20.2. The van der Waals surface area contributed by atoms with Gasteiger partial charge in [-0.15, -0.1) is 0 Å². The lowest BCUT2D eigenvalue weighted by molar-refractivity contribution is 0.592. The predicted molar refractivity (Wildman–Crippen MR) is 136 cm³/mol. The van der Waals surface area contributed by atoms with Crippen molar-refractivity contribution in [3.8, 4) is 0 Å². The highest BCUT2D eigenvalue weighted by atomic mass is 31.2. The van der Waals surface area contributed by atoms with E-state index < -0.39 is 7.14 Å². The van der Waals surface area contributed by atoms with E-state index in [-0.39, 0.29) is 0 Å². The van der Waals surface area contributed by atoms with Crippen LogP contribution in [0.25, 0.3) is 10.9 Å². The Morgan fingerprint density at radius 1 is 0.656 bits per heavy atom. The minimum Gasteiger partial charge on any atom is -0.354 e. The molecule has 1 N–H and O–H groups in total. The number of aromatic nitrogens is 1. The summed E-state index contributed by atoms with van der Waals surface area (Å²) in [6, 6.07) is 37.5. The Labute approximate surface area is 188 Å². The van der Waals surface area contributed by atoms with E-state index >= 15 is 4.57 Å². The Bertz CT molecular complexity index is 1370. The van der Waals surface area contributed by atoms with Gasteiger partial charge in [0.2, 0.25) is 0 Å². The van der Waals surface area contributed by atoms with E-state index in [1.165, 1.54) is 0 Å². The Hall–Kier alpha value is -3.68. The molecule has 4 heteroatoms. The fourth-order valence-corrected chi connectivity index (χ4v) is 7.18. The molecule has 0 bridgehead atoms. The molecule has 0 atom stereocenters. The molecule has 0 unspecified atom stereocenters. The number of rotatable bonds is 5. The van der Waals surface area contributed by atoms with Crippen molar-refractivity contribution in [2.75, 3.05) is 5.32 Å². The van der Waals surface area contributed by atoms with Crippen LogP contribution in [0.5, 0.6) is 0 Å². The molecule has 0 fully saturated rings. The van der Waals surface area contributed by atoms with Crippen LogP contribution in [0.3, 0.4) is 0 Å². The molecule has 5 aromatic rings. The lowest BCUT2D eigenvalue weighted by Crippen LogP contribution is -2.29. The van der Waals surface area contributed by atoms with Crippen molar-refractivity contribution in [3.63, 3.8) is 0 Å². The van der Waals surface area contributed by atoms with Gasteiger partial charge in [0.25, 0.3) is 0 Å². The van der Waals surface area contributed by atoms with Crippen molar-refractivity contribution in [2.24, 2.45) is 0 Å². The zero-order valence-electron chi connectivity index (χ0n) is 17.8. The van der Waals surface area contributed by atoms with Crippen LogP contribution < -0.4 is 21.2 Å². The summed E-state index contributed by atoms with van der Waals surface area (Å²) in [6.07, 6.45) is 0. The van der Waals surface area contributed by atoms with Gasteiger partial charge in [-0.05, 0) is 25.1 Å². The molecule has 0 saturated carbocycles. The van der Waals surface area contributed by atoms with Crippen molar-refractivity contribution < 1.29 is 4.57 Å². The summed E-state index contributed by atoms with van der Waals surface area (Å²) in [5.74, 6) is 0. The van der Waals surface area contributed by atoms with Crippen LogP contribution in [0.15, 0.2) is 115 Å². The van der Waals surface area contributed by atoms with Gasteiger partial charge >= 0.3 is 0 Å². The second kappa shape index (κ2) is 8.45. The number of pyridine rings is 1. The Kier molecular flexibility index (Phi) is 5.34. The second-order valence-electron chi connectivity index (χ2n) is 7.71. The highest BCUT2D eigenvalue weighted by molar-refractivity contribution is 7.85. The molecule has 3 nitrogen and oxygen atoms in total. The molecule has 0 amide bonds. The molecular formula is C28H23N2OP. The Morgan fingerprint density at radius 3 is 1.75 bits per heavy atom. The van der Waals surface area contributed by atoms with Gasteiger partial charge in [-0.2, -0.15) is 0 Å². The van der Waals surface area contributed by atoms with Gasteiger partial charge in [0.15, 0.2) is 7.14 Å². The largest absolute Gasteiger partial charge is 0.354 e. The normalized spacial score (nSPS) is 11.4. The number of hydrogen-bond donors (Lipinski definition) is 1. The maximum Gasteiger partial charge on any atom is 0.174 e. The number of aryl methyl sites for hydroxylation is 1. The topological polar surface area (TPSA) is 42.0 Å². The van der Waals surface area contributed by atoms with Crippen LogP contribution >= 0.6 is 7.14 Å². The van der Waals surface area contributed by atoms with Crippen LogP contribution in [0.2, 0.25) is 0 Å². The van der Waals surface area contributed by atoms with E-state index in [0.29, 0.717) is 0 Å². The number of anilines is 2. The van der Waals surface area contributed by atoms with Gasteiger partial charge in [-0.1, -0.05) is 97.1 Å². The molecule has 0 saturated heterocycles. The third-order valence-corrected chi connectivity index (χ3v) is 8.87. The third-order valence-electron chi connectivity index (χ3n) is 5.64. The van der Waals surface area contributed by atoms with Crippen molar-refractivity contribution in [2.45, 2.75) is 6.92 Å². The highest BCUT2D eigenvalue weighted by Gasteiger charge is 2.35. The molecule has 0 aliphatic heterocycles. The standard InChI is InChI=1S/C28H23N2OP/c1-21-28(32(31,23-15-7-3-8-16-23)24-17-9-4-10-18-24)27(30-22-13-5-2-6-14-22)25-19-11-12-20-26(25)29-21/h2-20H,1H3,(H,29,30). The quantitative estimate of drug-likeness (QED) is 0.349. The monoisotopic (exact) mass is 434 g/mol. The SMILES string of the molecule is Cc1nc2ccccc2c(Nc2ccccc2)c1P(=O)(c1ccccc1)c1ccccc1. The third kappa shape index (κ3) is 3.51. The molecule has 1 heterocycles. The average Bonchev–Trinajstić information content (AvgIpc) is 2.85. The van der Waals surface area contributed by atoms with Crippen molar-refractivity contribution in [1.82, 2.24) is 4.98 Å². The first-order chi connectivity index (χ1) is 15.7. The van der Waals surface area contributed by atoms with E-state index in [1.54, 1.807) is 0 Å². The fourth-order valence-electron chi connectivity index (χ4n) is 4.19. The summed E-state index contributed by atoms with van der Waals surface area (Å²) in [7, 11) is -3.22. The summed E-state index contributed by atoms with van der Waals surface area (Å²) in [5, 5.41) is 6.87. The van der Waals surface area contributed by atoms with Gasteiger partial charge in [0, 0.05) is 21.7 Å². The molecule has 5 rings (SSSR count). The summed E-state index contributed by atoms with van der Waals surface area (Å²) in [6.45, 7) is 1.95. The fraction of sp³-hybridized carbons (Fsp3) is 0.0357. The Balaban J connectivity index is 1.88. The van der Waals surface area contributed by atoms with Crippen LogP contribution in [0, 0.1) is 6.92 Å². The maximum absolute atomic E-state index is 15.2. The molecule has 0 radical (unpaired) electrons. The molecule has 0 spiro atoms. The summed E-state index contributed by atoms with van der Waals surface area (Å²) in [4.78, 5) is 4.88. The van der Waals surface area contributed by atoms with E-state index in [0.717, 1.165) is 43.9 Å². The molecule has 4 aromatic carbocycles. The zero-order chi connectivity index (χ0) is 22.0. The average molecular weight is 434 g/mol. The summed E-state index contributed by atoms with van der Waals surface area (Å²) in [5.41, 5.74) is 3.42. The van der Waals surface area contributed by atoms with E-state index in [2.05, 4.69) is 5.32 Å². The Morgan fingerprint density at radius 2 is 1.16 bits per heavy atom. The van der Waals surface area contributed by atoms with Gasteiger partial charge in [-0.3, -0.25) is 4.98 Å². The maximum atomic E-state index is 15.2. The van der Waals surface area contributed by atoms with Gasteiger partial charge in [-0.25, -0.2) is 0 Å². The van der Waals surface area contributed by atoms with Gasteiger partial charge in [0.1, 0.15) is 0 Å². The zero-order valence-corrected chi connectivity index (χ0v) is 18.7. The van der Waals surface area contributed by atoms with E-state index in [4.69, 9.17) is 4.98 Å². The number of nitrogens with zero attached hydrogens (tertiary/aromatic N) is 1.